The molecule has 2 rings (SSSR count). The van der Waals surface area contributed by atoms with Crippen LogP contribution in [0.5, 0.6) is 0 Å². The molecule has 0 radical (unpaired) electrons. The van der Waals surface area contributed by atoms with Gasteiger partial charge >= 0.3 is 0 Å². The first-order valence-electron chi connectivity index (χ1n) is 5.38. The summed E-state index contributed by atoms with van der Waals surface area (Å²) < 4.78 is 5.36. The van der Waals surface area contributed by atoms with Crippen LogP contribution in [0.15, 0.2) is 28.2 Å². The monoisotopic (exact) mass is 236 g/mol. The zero-order valence-corrected chi connectivity index (χ0v) is 10.5. The molecular formula is C12H16N2OS. The molecule has 0 spiro atoms. The van der Waals surface area contributed by atoms with E-state index in [1.54, 1.807) is 17.6 Å². The van der Waals surface area contributed by atoms with Crippen LogP contribution in [-0.2, 0) is 0 Å². The van der Waals surface area contributed by atoms with Crippen molar-refractivity contribution in [2.24, 2.45) is 0 Å². The zero-order chi connectivity index (χ0) is 11.5. The number of nitrogens with one attached hydrogen (secondary N) is 1. The minimum Gasteiger partial charge on any atom is -0.468 e. The van der Waals surface area contributed by atoms with E-state index in [0.717, 1.165) is 16.5 Å². The third-order valence-corrected chi connectivity index (χ3v) is 3.34. The van der Waals surface area contributed by atoms with Gasteiger partial charge in [-0.25, -0.2) is 4.98 Å². The van der Waals surface area contributed by atoms with Crippen molar-refractivity contribution in [2.45, 2.75) is 32.9 Å². The third kappa shape index (κ3) is 2.51. The Bertz CT molecular complexity index is 436. The normalized spacial score (nSPS) is 14.9. The van der Waals surface area contributed by atoms with Crippen LogP contribution in [0.4, 0.5) is 0 Å². The standard InChI is InChI=1S/C12H16N2OS/c1-8(11-7-16-10(3)14-11)13-9(2)12-5-4-6-15-12/h4-9,13H,1-3H3/t8?,9-/m1/s1. The molecule has 3 nitrogen and oxygen atoms in total. The quantitative estimate of drug-likeness (QED) is 0.883. The van der Waals surface area contributed by atoms with Crippen LogP contribution in [0.25, 0.3) is 0 Å². The smallest absolute Gasteiger partial charge is 0.120 e. The highest BCUT2D eigenvalue weighted by Gasteiger charge is 2.14. The lowest BCUT2D eigenvalue weighted by Crippen LogP contribution is -2.22. The SMILES string of the molecule is Cc1nc(C(C)N[C@H](C)c2ccco2)cs1. The molecule has 16 heavy (non-hydrogen) atoms. The topological polar surface area (TPSA) is 38.1 Å². The van der Waals surface area contributed by atoms with Crippen LogP contribution in [0.2, 0.25) is 0 Å². The Kier molecular flexibility index (Phi) is 3.41. The van der Waals surface area contributed by atoms with Crippen molar-refractivity contribution >= 4 is 11.3 Å². The molecular weight excluding hydrogens is 220 g/mol. The van der Waals surface area contributed by atoms with Gasteiger partial charge in [-0.05, 0) is 32.9 Å². The van der Waals surface area contributed by atoms with Crippen molar-refractivity contribution in [3.05, 3.63) is 40.2 Å². The summed E-state index contributed by atoms with van der Waals surface area (Å²) in [7, 11) is 0. The van der Waals surface area contributed by atoms with E-state index in [4.69, 9.17) is 4.42 Å². The van der Waals surface area contributed by atoms with Gasteiger partial charge in [0.1, 0.15) is 5.76 Å². The molecule has 86 valence electrons. The molecule has 2 atom stereocenters. The second-order valence-corrected chi connectivity index (χ2v) is 4.98. The molecule has 4 heteroatoms. The molecule has 2 aromatic rings. The van der Waals surface area contributed by atoms with Gasteiger partial charge in [0.15, 0.2) is 0 Å². The average molecular weight is 236 g/mol. The van der Waals surface area contributed by atoms with E-state index in [2.05, 4.69) is 29.5 Å². The average Bonchev–Trinajstić information content (AvgIpc) is 2.87. The number of nitrogens with zero attached hydrogens (tertiary/aromatic N) is 1. The Morgan fingerprint density at radius 3 is 2.75 bits per heavy atom. The summed E-state index contributed by atoms with van der Waals surface area (Å²) in [4.78, 5) is 4.47. The Hall–Kier alpha value is -1.13. The summed E-state index contributed by atoms with van der Waals surface area (Å²) in [5.74, 6) is 0.957. The largest absolute Gasteiger partial charge is 0.468 e. The first-order valence-corrected chi connectivity index (χ1v) is 6.26. The van der Waals surface area contributed by atoms with Gasteiger partial charge in [0, 0.05) is 11.4 Å². The molecule has 0 aliphatic carbocycles. The Morgan fingerprint density at radius 1 is 1.38 bits per heavy atom. The van der Waals surface area contributed by atoms with Crippen molar-refractivity contribution in [3.8, 4) is 0 Å². The molecule has 0 amide bonds. The van der Waals surface area contributed by atoms with Crippen molar-refractivity contribution in [3.63, 3.8) is 0 Å². The summed E-state index contributed by atoms with van der Waals surface area (Å²) in [6.07, 6.45) is 1.70. The highest BCUT2D eigenvalue weighted by Crippen LogP contribution is 2.20. The fraction of sp³-hybridized carbons (Fsp3) is 0.417. The van der Waals surface area contributed by atoms with Gasteiger partial charge < -0.3 is 4.42 Å². The van der Waals surface area contributed by atoms with Gasteiger partial charge in [-0.2, -0.15) is 0 Å². The molecule has 2 aromatic heterocycles. The number of hydrogen-bond donors (Lipinski definition) is 1. The molecule has 0 saturated heterocycles. The van der Waals surface area contributed by atoms with Gasteiger partial charge in [-0.3, -0.25) is 5.32 Å². The van der Waals surface area contributed by atoms with Crippen LogP contribution >= 0.6 is 11.3 Å². The number of hydrogen-bond acceptors (Lipinski definition) is 4. The first kappa shape index (κ1) is 11.4. The maximum atomic E-state index is 5.36. The molecule has 0 aliphatic rings. The number of thiazole rings is 1. The lowest BCUT2D eigenvalue weighted by Gasteiger charge is -2.16. The van der Waals surface area contributed by atoms with Gasteiger partial charge in [-0.15, -0.1) is 11.3 Å². The van der Waals surface area contributed by atoms with Crippen molar-refractivity contribution in [1.82, 2.24) is 10.3 Å². The number of furan rings is 1. The van der Waals surface area contributed by atoms with Crippen LogP contribution in [0.1, 0.15) is 42.4 Å². The molecule has 1 unspecified atom stereocenters. The van der Waals surface area contributed by atoms with Gasteiger partial charge in [0.05, 0.1) is 23.0 Å². The second-order valence-electron chi connectivity index (χ2n) is 3.92. The molecule has 2 heterocycles. The minimum absolute atomic E-state index is 0.201. The number of aromatic nitrogens is 1. The van der Waals surface area contributed by atoms with E-state index in [0.29, 0.717) is 0 Å². The summed E-state index contributed by atoms with van der Waals surface area (Å²) in [6, 6.07) is 4.33. The maximum Gasteiger partial charge on any atom is 0.120 e. The fourth-order valence-corrected chi connectivity index (χ4v) is 2.37. The molecule has 0 aromatic carbocycles. The van der Waals surface area contributed by atoms with Gasteiger partial charge in [0.2, 0.25) is 0 Å². The highest BCUT2D eigenvalue weighted by molar-refractivity contribution is 7.09. The van der Waals surface area contributed by atoms with E-state index >= 15 is 0 Å². The molecule has 1 N–H and O–H groups in total. The predicted octanol–water partition coefficient (Wildman–Crippen LogP) is 3.46. The maximum absolute atomic E-state index is 5.36. The Morgan fingerprint density at radius 2 is 2.19 bits per heavy atom. The zero-order valence-electron chi connectivity index (χ0n) is 9.73. The van der Waals surface area contributed by atoms with Gasteiger partial charge in [-0.1, -0.05) is 0 Å². The number of aryl methyl sites for hydroxylation is 1. The first-order chi connectivity index (χ1) is 7.66. The van der Waals surface area contributed by atoms with E-state index in [9.17, 15) is 0 Å². The van der Waals surface area contributed by atoms with Crippen LogP contribution in [0, 0.1) is 6.92 Å². The lowest BCUT2D eigenvalue weighted by molar-refractivity contribution is 0.400. The van der Waals surface area contributed by atoms with Crippen molar-refractivity contribution in [1.29, 1.82) is 0 Å². The van der Waals surface area contributed by atoms with E-state index < -0.39 is 0 Å². The predicted molar refractivity (Wildman–Crippen MR) is 65.5 cm³/mol. The fourth-order valence-electron chi connectivity index (χ4n) is 1.66. The number of rotatable bonds is 4. The van der Waals surface area contributed by atoms with E-state index in [1.807, 2.05) is 19.1 Å². The summed E-state index contributed by atoms with van der Waals surface area (Å²) in [5.41, 5.74) is 1.10. The van der Waals surface area contributed by atoms with Crippen LogP contribution in [-0.4, -0.2) is 4.98 Å². The minimum atomic E-state index is 0.201. The Balaban J connectivity index is 2.00. The van der Waals surface area contributed by atoms with Crippen molar-refractivity contribution < 1.29 is 4.42 Å². The van der Waals surface area contributed by atoms with Crippen molar-refractivity contribution in [2.75, 3.05) is 0 Å². The van der Waals surface area contributed by atoms with E-state index in [1.165, 1.54) is 0 Å². The summed E-state index contributed by atoms with van der Waals surface area (Å²) in [6.45, 7) is 6.24. The summed E-state index contributed by atoms with van der Waals surface area (Å²) >= 11 is 1.68. The Labute approximate surface area is 99.5 Å². The summed E-state index contributed by atoms with van der Waals surface area (Å²) in [5, 5.41) is 6.67. The lowest BCUT2D eigenvalue weighted by atomic mass is 10.2. The van der Waals surface area contributed by atoms with Crippen LogP contribution in [0.3, 0.4) is 0 Å². The molecule has 0 aliphatic heterocycles. The molecule has 0 fully saturated rings. The molecule has 0 saturated carbocycles. The molecule has 0 bridgehead atoms. The van der Waals surface area contributed by atoms with Crippen LogP contribution < -0.4 is 5.32 Å². The van der Waals surface area contributed by atoms with Gasteiger partial charge in [0.25, 0.3) is 0 Å². The second kappa shape index (κ2) is 4.80. The van der Waals surface area contributed by atoms with E-state index in [-0.39, 0.29) is 12.1 Å². The highest BCUT2D eigenvalue weighted by atomic mass is 32.1. The third-order valence-electron chi connectivity index (χ3n) is 2.55.